The number of nitrogens with one attached hydrogen (secondary N) is 1. The van der Waals surface area contributed by atoms with Gasteiger partial charge in [-0.25, -0.2) is 9.59 Å². The minimum absolute atomic E-state index is 0.161. The summed E-state index contributed by atoms with van der Waals surface area (Å²) in [5.74, 6) is -1.81. The Kier molecular flexibility index (Phi) is 5.22. The van der Waals surface area contributed by atoms with Crippen LogP contribution in [0.3, 0.4) is 0 Å². The average Bonchev–Trinajstić information content (AvgIpc) is 3.28. The van der Waals surface area contributed by atoms with Gasteiger partial charge in [-0.1, -0.05) is 30.3 Å². The number of rotatable bonds is 5. The van der Waals surface area contributed by atoms with Crippen LogP contribution in [0.25, 0.3) is 0 Å². The van der Waals surface area contributed by atoms with Crippen LogP contribution in [0.2, 0.25) is 0 Å². The van der Waals surface area contributed by atoms with Crippen molar-refractivity contribution in [3.63, 3.8) is 0 Å². The molecular weight excluding hydrogens is 388 g/mol. The van der Waals surface area contributed by atoms with Gasteiger partial charge >= 0.3 is 11.9 Å². The van der Waals surface area contributed by atoms with Gasteiger partial charge in [0, 0.05) is 12.0 Å². The molecule has 2 aromatic carbocycles. The van der Waals surface area contributed by atoms with Gasteiger partial charge in [0.05, 0.1) is 23.4 Å². The highest BCUT2D eigenvalue weighted by molar-refractivity contribution is 6.04. The molecule has 0 unspecified atom stereocenters. The van der Waals surface area contributed by atoms with Crippen LogP contribution in [0.1, 0.15) is 52.3 Å². The van der Waals surface area contributed by atoms with E-state index in [1.165, 1.54) is 4.90 Å². The number of carbonyl (C=O) groups is 4. The molecule has 2 aromatic rings. The van der Waals surface area contributed by atoms with E-state index >= 15 is 0 Å². The van der Waals surface area contributed by atoms with E-state index in [0.29, 0.717) is 16.8 Å². The molecule has 2 aliphatic rings. The van der Waals surface area contributed by atoms with Crippen LogP contribution < -0.4 is 5.32 Å². The van der Waals surface area contributed by atoms with Gasteiger partial charge in [-0.2, -0.15) is 0 Å². The normalized spacial score (nSPS) is 20.0. The Morgan fingerprint density at radius 2 is 1.87 bits per heavy atom. The Morgan fingerprint density at radius 3 is 2.67 bits per heavy atom. The predicted molar refractivity (Wildman–Crippen MR) is 105 cm³/mol. The Morgan fingerprint density at radius 1 is 1.13 bits per heavy atom. The number of benzene rings is 2. The summed E-state index contributed by atoms with van der Waals surface area (Å²) in [5, 5.41) is 2.73. The average molecular weight is 408 g/mol. The molecule has 4 rings (SSSR count). The first kappa shape index (κ1) is 19.6. The summed E-state index contributed by atoms with van der Waals surface area (Å²) < 4.78 is 10.5. The Bertz CT molecular complexity index is 1030. The molecule has 0 saturated carbocycles. The zero-order valence-corrected chi connectivity index (χ0v) is 16.3. The topological polar surface area (TPSA) is 102 Å². The molecule has 0 radical (unpaired) electrons. The van der Waals surface area contributed by atoms with Gasteiger partial charge in [-0.15, -0.1) is 0 Å². The first-order valence-corrected chi connectivity index (χ1v) is 9.69. The van der Waals surface area contributed by atoms with E-state index < -0.39 is 30.1 Å². The molecule has 2 aliphatic heterocycles. The molecule has 30 heavy (non-hydrogen) atoms. The smallest absolute Gasteiger partial charge is 0.340 e. The Labute approximate surface area is 172 Å². The van der Waals surface area contributed by atoms with Crippen molar-refractivity contribution in [1.29, 1.82) is 0 Å². The summed E-state index contributed by atoms with van der Waals surface area (Å²) in [7, 11) is 0. The number of hydrogen-bond acceptors (Lipinski definition) is 6. The molecule has 8 nitrogen and oxygen atoms in total. The summed E-state index contributed by atoms with van der Waals surface area (Å²) in [5.41, 5.74) is 1.46. The third kappa shape index (κ3) is 3.41. The summed E-state index contributed by atoms with van der Waals surface area (Å²) in [6.45, 7) is 1.90. The fourth-order valence-electron chi connectivity index (χ4n) is 3.78. The maximum absolute atomic E-state index is 13.1. The van der Waals surface area contributed by atoms with Crippen molar-refractivity contribution in [2.24, 2.45) is 0 Å². The lowest BCUT2D eigenvalue weighted by molar-refractivity contribution is -0.144. The second kappa shape index (κ2) is 7.98. The van der Waals surface area contributed by atoms with Crippen LogP contribution in [0.5, 0.6) is 0 Å². The van der Waals surface area contributed by atoms with Crippen molar-refractivity contribution in [3.05, 3.63) is 65.2 Å². The molecule has 0 bridgehead atoms. The van der Waals surface area contributed by atoms with Crippen LogP contribution >= 0.6 is 0 Å². The van der Waals surface area contributed by atoms with Crippen molar-refractivity contribution in [2.75, 3.05) is 11.9 Å². The van der Waals surface area contributed by atoms with Crippen molar-refractivity contribution in [1.82, 2.24) is 4.90 Å². The monoisotopic (exact) mass is 408 g/mol. The minimum Gasteiger partial charge on any atom is -0.462 e. The minimum atomic E-state index is -0.945. The second-order valence-corrected chi connectivity index (χ2v) is 6.96. The zero-order valence-electron chi connectivity index (χ0n) is 16.3. The van der Waals surface area contributed by atoms with Gasteiger partial charge in [0.1, 0.15) is 6.04 Å². The highest BCUT2D eigenvalue weighted by atomic mass is 16.6. The fourth-order valence-corrected chi connectivity index (χ4v) is 3.78. The third-order valence-corrected chi connectivity index (χ3v) is 5.16. The molecule has 1 saturated heterocycles. The van der Waals surface area contributed by atoms with Gasteiger partial charge in [-0.3, -0.25) is 14.5 Å². The molecule has 1 N–H and O–H groups in total. The maximum atomic E-state index is 13.1. The van der Waals surface area contributed by atoms with E-state index in [2.05, 4.69) is 5.32 Å². The van der Waals surface area contributed by atoms with Gasteiger partial charge < -0.3 is 14.8 Å². The number of anilines is 1. The van der Waals surface area contributed by atoms with Gasteiger partial charge in [0.2, 0.25) is 18.0 Å². The highest BCUT2D eigenvalue weighted by Crippen LogP contribution is 2.38. The maximum Gasteiger partial charge on any atom is 0.340 e. The van der Waals surface area contributed by atoms with Crippen molar-refractivity contribution < 1.29 is 28.7 Å². The lowest BCUT2D eigenvalue weighted by Gasteiger charge is -2.29. The standard InChI is InChI=1S/C22H20N2O6/c1-2-29-21(27)15-9-5-6-10-16(15)23-19(26)17-11-12-18(25)24(17)20-13-7-3-4-8-14(13)22(28)30-20/h3-10,17,20H,2,11-12H2,1H3,(H,23,26)/t17-,20-/m0/s1. The number of carbonyl (C=O) groups excluding carboxylic acids is 4. The van der Waals surface area contributed by atoms with Gasteiger partial charge in [-0.05, 0) is 31.5 Å². The van der Waals surface area contributed by atoms with E-state index in [1.807, 2.05) is 0 Å². The molecule has 0 spiro atoms. The molecule has 1 fully saturated rings. The first-order valence-electron chi connectivity index (χ1n) is 9.69. The van der Waals surface area contributed by atoms with Crippen LogP contribution in [-0.4, -0.2) is 41.3 Å². The number of amides is 2. The van der Waals surface area contributed by atoms with Crippen molar-refractivity contribution >= 4 is 29.4 Å². The summed E-state index contributed by atoms with van der Waals surface area (Å²) in [6, 6.07) is 12.5. The van der Waals surface area contributed by atoms with Gasteiger partial charge in [0.25, 0.3) is 0 Å². The lowest BCUT2D eigenvalue weighted by atomic mass is 10.1. The second-order valence-electron chi connectivity index (χ2n) is 6.96. The number of fused-ring (bicyclic) bond motifs is 1. The molecule has 154 valence electrons. The molecular formula is C22H20N2O6. The number of nitrogens with zero attached hydrogens (tertiary/aromatic N) is 1. The lowest BCUT2D eigenvalue weighted by Crippen LogP contribution is -2.44. The van der Waals surface area contributed by atoms with E-state index in [1.54, 1.807) is 55.5 Å². The van der Waals surface area contributed by atoms with Crippen LogP contribution in [0, 0.1) is 0 Å². The molecule has 0 aromatic heterocycles. The largest absolute Gasteiger partial charge is 0.462 e. The Hall–Kier alpha value is -3.68. The number of cyclic esters (lactones) is 1. The van der Waals surface area contributed by atoms with Crippen molar-refractivity contribution in [3.8, 4) is 0 Å². The van der Waals surface area contributed by atoms with Crippen molar-refractivity contribution in [2.45, 2.75) is 32.0 Å². The SMILES string of the molecule is CCOC(=O)c1ccccc1NC(=O)[C@@H]1CCC(=O)N1[C@H]1OC(=O)c2ccccc21. The number of para-hydroxylation sites is 1. The van der Waals surface area contributed by atoms with E-state index in [0.717, 1.165) is 0 Å². The number of hydrogen-bond donors (Lipinski definition) is 1. The molecule has 0 aliphatic carbocycles. The molecule has 8 heteroatoms. The van der Waals surface area contributed by atoms with Crippen LogP contribution in [0.15, 0.2) is 48.5 Å². The van der Waals surface area contributed by atoms with E-state index in [-0.39, 0.29) is 30.9 Å². The number of esters is 2. The molecule has 2 heterocycles. The first-order chi connectivity index (χ1) is 14.5. The zero-order chi connectivity index (χ0) is 21.3. The van der Waals surface area contributed by atoms with Crippen LogP contribution in [-0.2, 0) is 19.1 Å². The van der Waals surface area contributed by atoms with E-state index in [4.69, 9.17) is 9.47 Å². The Balaban J connectivity index is 1.59. The predicted octanol–water partition coefficient (Wildman–Crippen LogP) is 2.66. The molecule has 2 amide bonds. The number of likely N-dealkylation sites (tertiary alicyclic amines) is 1. The van der Waals surface area contributed by atoms with E-state index in [9.17, 15) is 19.2 Å². The summed E-state index contributed by atoms with van der Waals surface area (Å²) >= 11 is 0. The van der Waals surface area contributed by atoms with Crippen LogP contribution in [0.4, 0.5) is 5.69 Å². The quantitative estimate of drug-likeness (QED) is 0.763. The number of ether oxygens (including phenoxy) is 2. The highest BCUT2D eigenvalue weighted by Gasteiger charge is 2.46. The summed E-state index contributed by atoms with van der Waals surface area (Å²) in [4.78, 5) is 51.3. The summed E-state index contributed by atoms with van der Waals surface area (Å²) in [6.07, 6.45) is -0.504. The fraction of sp³-hybridized carbons (Fsp3) is 0.273. The third-order valence-electron chi connectivity index (χ3n) is 5.16. The molecule has 2 atom stereocenters. The van der Waals surface area contributed by atoms with Gasteiger partial charge in [0.15, 0.2) is 0 Å².